The van der Waals surface area contributed by atoms with E-state index < -0.39 is 0 Å². The normalized spacial score (nSPS) is 12.3. The molecule has 2 rings (SSSR count). The number of nitrogens with two attached hydrogens (primary N) is 1. The number of rotatable bonds is 3. The fraction of sp³-hybridized carbons (Fsp3) is 0.429. The smallest absolute Gasteiger partial charge is 0.0495 e. The average Bonchev–Trinajstić information content (AvgIpc) is 2.57. The monoisotopic (exact) mass is 250 g/mol. The molecule has 2 aromatic rings. The molecule has 0 atom stereocenters. The van der Waals surface area contributed by atoms with Gasteiger partial charge in [-0.1, -0.05) is 31.5 Å². The molecule has 17 heavy (non-hydrogen) atoms. The lowest BCUT2D eigenvalue weighted by atomic mass is 9.81. The van der Waals surface area contributed by atoms with Crippen LogP contribution in [-0.4, -0.2) is 11.1 Å². The second-order valence-electron chi connectivity index (χ2n) is 5.24. The Kier molecular flexibility index (Phi) is 3.19. The van der Waals surface area contributed by atoms with Gasteiger partial charge in [-0.25, -0.2) is 0 Å². The molecule has 0 spiro atoms. The summed E-state index contributed by atoms with van der Waals surface area (Å²) in [4.78, 5) is 0. The van der Waals surface area contributed by atoms with E-state index in [4.69, 9.17) is 17.3 Å². The van der Waals surface area contributed by atoms with Crippen molar-refractivity contribution in [2.45, 2.75) is 25.7 Å². The van der Waals surface area contributed by atoms with E-state index in [1.807, 2.05) is 12.1 Å². The Bertz CT molecular complexity index is 540. The van der Waals surface area contributed by atoms with Gasteiger partial charge in [-0.05, 0) is 36.1 Å². The number of halogens is 1. The van der Waals surface area contributed by atoms with Crippen molar-refractivity contribution in [1.82, 2.24) is 4.57 Å². The van der Waals surface area contributed by atoms with Gasteiger partial charge >= 0.3 is 0 Å². The maximum Gasteiger partial charge on any atom is 0.0495 e. The van der Waals surface area contributed by atoms with E-state index in [0.29, 0.717) is 6.54 Å². The molecule has 1 aromatic carbocycles. The van der Waals surface area contributed by atoms with E-state index in [0.717, 1.165) is 11.4 Å². The van der Waals surface area contributed by atoms with Crippen molar-refractivity contribution < 1.29 is 0 Å². The molecule has 0 aliphatic heterocycles. The predicted molar refractivity (Wildman–Crippen MR) is 74.6 cm³/mol. The van der Waals surface area contributed by atoms with Gasteiger partial charge in [-0.15, -0.1) is 0 Å². The van der Waals surface area contributed by atoms with Crippen LogP contribution >= 0.6 is 11.6 Å². The Hall–Kier alpha value is -0.990. The minimum Gasteiger partial charge on any atom is -0.350 e. The van der Waals surface area contributed by atoms with Crippen LogP contribution in [0.15, 0.2) is 24.4 Å². The summed E-state index contributed by atoms with van der Waals surface area (Å²) in [6.45, 7) is 5.18. The van der Waals surface area contributed by atoms with Crippen molar-refractivity contribution in [1.29, 1.82) is 0 Å². The lowest BCUT2D eigenvalue weighted by molar-refractivity contribution is 0.490. The summed E-state index contributed by atoms with van der Waals surface area (Å²) in [5.74, 6) is 0. The fourth-order valence-electron chi connectivity index (χ4n) is 2.39. The second-order valence-corrected chi connectivity index (χ2v) is 5.67. The minimum atomic E-state index is 0.0993. The molecule has 0 aliphatic rings. The molecule has 0 fully saturated rings. The summed E-state index contributed by atoms with van der Waals surface area (Å²) in [6, 6.07) is 6.07. The summed E-state index contributed by atoms with van der Waals surface area (Å²) >= 11 is 6.04. The largest absolute Gasteiger partial charge is 0.350 e. The highest BCUT2D eigenvalue weighted by atomic mass is 35.5. The third-order valence-electron chi connectivity index (χ3n) is 3.45. The second kappa shape index (κ2) is 4.35. The zero-order chi connectivity index (χ0) is 12.6. The van der Waals surface area contributed by atoms with E-state index in [1.54, 1.807) is 0 Å². The maximum absolute atomic E-state index is 6.04. The van der Waals surface area contributed by atoms with Crippen LogP contribution in [0.25, 0.3) is 10.9 Å². The van der Waals surface area contributed by atoms with Crippen molar-refractivity contribution in [2.24, 2.45) is 12.8 Å². The third kappa shape index (κ3) is 2.20. The van der Waals surface area contributed by atoms with Gasteiger partial charge in [0.25, 0.3) is 0 Å². The first-order valence-electron chi connectivity index (χ1n) is 5.91. The van der Waals surface area contributed by atoms with Crippen LogP contribution in [0.5, 0.6) is 0 Å². The van der Waals surface area contributed by atoms with Crippen molar-refractivity contribution in [3.05, 3.63) is 35.0 Å². The summed E-state index contributed by atoms with van der Waals surface area (Å²) in [6.07, 6.45) is 3.17. The average molecular weight is 251 g/mol. The van der Waals surface area contributed by atoms with Crippen molar-refractivity contribution in [3.63, 3.8) is 0 Å². The van der Waals surface area contributed by atoms with E-state index in [9.17, 15) is 0 Å². The van der Waals surface area contributed by atoms with E-state index in [2.05, 4.69) is 37.7 Å². The number of aryl methyl sites for hydroxylation is 1. The van der Waals surface area contributed by atoms with Crippen LogP contribution in [0, 0.1) is 0 Å². The van der Waals surface area contributed by atoms with Gasteiger partial charge in [0, 0.05) is 29.2 Å². The molecule has 0 saturated heterocycles. The minimum absolute atomic E-state index is 0.0993. The highest BCUT2D eigenvalue weighted by Gasteiger charge is 2.23. The SMILES string of the molecule is Cn1cc(C(C)(C)CCN)c2ccc(Cl)cc21. The summed E-state index contributed by atoms with van der Waals surface area (Å²) < 4.78 is 2.13. The van der Waals surface area contributed by atoms with Crippen LogP contribution in [-0.2, 0) is 12.5 Å². The number of hydrogen-bond acceptors (Lipinski definition) is 1. The molecule has 0 amide bonds. The van der Waals surface area contributed by atoms with Crippen molar-refractivity contribution in [3.8, 4) is 0 Å². The first-order chi connectivity index (χ1) is 7.95. The number of hydrogen-bond donors (Lipinski definition) is 1. The van der Waals surface area contributed by atoms with E-state index in [1.165, 1.54) is 16.5 Å². The van der Waals surface area contributed by atoms with Crippen LogP contribution in [0.2, 0.25) is 5.02 Å². The number of aromatic nitrogens is 1. The highest BCUT2D eigenvalue weighted by Crippen LogP contribution is 2.34. The van der Waals surface area contributed by atoms with Crippen LogP contribution in [0.4, 0.5) is 0 Å². The molecule has 0 bridgehead atoms. The molecular weight excluding hydrogens is 232 g/mol. The van der Waals surface area contributed by atoms with Gasteiger partial charge in [0.05, 0.1) is 0 Å². The molecule has 0 aliphatic carbocycles. The molecule has 0 saturated carbocycles. The Morgan fingerprint density at radius 1 is 1.35 bits per heavy atom. The summed E-state index contributed by atoms with van der Waals surface area (Å²) in [5, 5.41) is 2.05. The van der Waals surface area contributed by atoms with E-state index in [-0.39, 0.29) is 5.41 Å². The first-order valence-corrected chi connectivity index (χ1v) is 6.28. The van der Waals surface area contributed by atoms with Gasteiger partial charge in [0.15, 0.2) is 0 Å². The molecular formula is C14H19ClN2. The lowest BCUT2D eigenvalue weighted by Gasteiger charge is -2.23. The van der Waals surface area contributed by atoms with Gasteiger partial charge < -0.3 is 10.3 Å². The molecule has 3 heteroatoms. The fourth-order valence-corrected chi connectivity index (χ4v) is 2.56. The van der Waals surface area contributed by atoms with E-state index >= 15 is 0 Å². The Labute approximate surface area is 107 Å². The Morgan fingerprint density at radius 2 is 2.06 bits per heavy atom. The molecule has 92 valence electrons. The quantitative estimate of drug-likeness (QED) is 0.889. The number of nitrogens with zero attached hydrogens (tertiary/aromatic N) is 1. The molecule has 0 unspecified atom stereocenters. The van der Waals surface area contributed by atoms with Gasteiger partial charge in [0.2, 0.25) is 0 Å². The van der Waals surface area contributed by atoms with Crippen molar-refractivity contribution in [2.75, 3.05) is 6.54 Å². The summed E-state index contributed by atoms with van der Waals surface area (Å²) in [7, 11) is 2.06. The van der Waals surface area contributed by atoms with Crippen LogP contribution < -0.4 is 5.73 Å². The van der Waals surface area contributed by atoms with Crippen molar-refractivity contribution >= 4 is 22.5 Å². The Morgan fingerprint density at radius 3 is 2.71 bits per heavy atom. The topological polar surface area (TPSA) is 30.9 Å². The lowest BCUT2D eigenvalue weighted by Crippen LogP contribution is -2.21. The molecule has 1 heterocycles. The predicted octanol–water partition coefficient (Wildman–Crippen LogP) is 3.46. The standard InChI is InChI=1S/C14H19ClN2/c1-14(2,6-7-16)12-9-17(3)13-8-10(15)4-5-11(12)13/h4-5,8-9H,6-7,16H2,1-3H3. The maximum atomic E-state index is 6.04. The number of benzene rings is 1. The number of fused-ring (bicyclic) bond motifs is 1. The van der Waals surface area contributed by atoms with Gasteiger partial charge in [0.1, 0.15) is 0 Å². The third-order valence-corrected chi connectivity index (χ3v) is 3.69. The summed E-state index contributed by atoms with van der Waals surface area (Å²) in [5.41, 5.74) is 8.32. The molecule has 1 aromatic heterocycles. The zero-order valence-electron chi connectivity index (χ0n) is 10.6. The highest BCUT2D eigenvalue weighted by molar-refractivity contribution is 6.31. The van der Waals surface area contributed by atoms with Gasteiger partial charge in [-0.3, -0.25) is 0 Å². The molecule has 0 radical (unpaired) electrons. The van der Waals surface area contributed by atoms with Crippen LogP contribution in [0.1, 0.15) is 25.8 Å². The Balaban J connectivity index is 2.63. The van der Waals surface area contributed by atoms with Crippen LogP contribution in [0.3, 0.4) is 0 Å². The molecule has 2 nitrogen and oxygen atoms in total. The van der Waals surface area contributed by atoms with Gasteiger partial charge in [-0.2, -0.15) is 0 Å². The molecule has 2 N–H and O–H groups in total. The zero-order valence-corrected chi connectivity index (χ0v) is 11.4. The first kappa shape index (κ1) is 12.5.